The normalized spacial score (nSPS) is 19.4. The van der Waals surface area contributed by atoms with Crippen molar-refractivity contribution in [3.05, 3.63) is 71.9 Å². The van der Waals surface area contributed by atoms with Crippen LogP contribution in [0, 0.1) is 11.8 Å². The highest BCUT2D eigenvalue weighted by atomic mass is 16.5. The van der Waals surface area contributed by atoms with Crippen LogP contribution in [0.25, 0.3) is 10.9 Å². The predicted molar refractivity (Wildman–Crippen MR) is 137 cm³/mol. The monoisotopic (exact) mass is 476 g/mol. The van der Waals surface area contributed by atoms with Crippen molar-refractivity contribution in [3.8, 4) is 5.75 Å². The number of aryl methyl sites for hydroxylation is 1. The molecule has 3 atom stereocenters. The second-order valence-electron chi connectivity index (χ2n) is 9.45. The second-order valence-corrected chi connectivity index (χ2v) is 9.45. The Hall–Kier alpha value is -2.96. The predicted octanol–water partition coefficient (Wildman–Crippen LogP) is 4.80. The number of aliphatic hydroxyl groups excluding tert-OH is 1. The van der Waals surface area contributed by atoms with E-state index in [-0.39, 0.29) is 17.8 Å². The number of fused-ring (bicyclic) bond motifs is 1. The van der Waals surface area contributed by atoms with Crippen molar-refractivity contribution in [1.82, 2.24) is 9.88 Å². The molecule has 2 heterocycles. The molecule has 0 bridgehead atoms. The number of methoxy groups -OCH3 is 2. The van der Waals surface area contributed by atoms with E-state index >= 15 is 0 Å². The van der Waals surface area contributed by atoms with Crippen LogP contribution in [0.4, 0.5) is 0 Å². The van der Waals surface area contributed by atoms with Crippen LogP contribution in [0.5, 0.6) is 5.75 Å². The Balaban J connectivity index is 1.36. The van der Waals surface area contributed by atoms with Crippen molar-refractivity contribution >= 4 is 16.9 Å². The van der Waals surface area contributed by atoms with Crippen LogP contribution in [-0.4, -0.2) is 54.8 Å². The molecule has 1 aliphatic rings. The number of piperidine rings is 1. The van der Waals surface area contributed by atoms with E-state index in [0.717, 1.165) is 61.8 Å². The molecule has 2 aromatic carbocycles. The average molecular weight is 477 g/mol. The molecule has 186 valence electrons. The number of benzene rings is 2. The molecule has 1 fully saturated rings. The molecule has 0 radical (unpaired) electrons. The lowest BCUT2D eigenvalue weighted by Crippen LogP contribution is -2.44. The number of aliphatic hydroxyl groups is 1. The van der Waals surface area contributed by atoms with Gasteiger partial charge in [0.15, 0.2) is 0 Å². The highest BCUT2D eigenvalue weighted by Gasteiger charge is 2.35. The number of hydrogen-bond donors (Lipinski definition) is 1. The second kappa shape index (κ2) is 12.1. The third kappa shape index (κ3) is 6.38. The third-order valence-electron chi connectivity index (χ3n) is 7.27. The molecular formula is C29H36N2O4. The highest BCUT2D eigenvalue weighted by Crippen LogP contribution is 2.34. The van der Waals surface area contributed by atoms with Gasteiger partial charge in [-0.2, -0.15) is 0 Å². The Labute approximate surface area is 207 Å². The molecule has 6 heteroatoms. The zero-order valence-corrected chi connectivity index (χ0v) is 20.7. The zero-order chi connectivity index (χ0) is 24.6. The number of aromatic nitrogens is 1. The molecule has 1 aromatic heterocycles. The van der Waals surface area contributed by atoms with Crippen molar-refractivity contribution in [2.75, 3.05) is 33.9 Å². The molecule has 6 nitrogen and oxygen atoms in total. The molecule has 35 heavy (non-hydrogen) atoms. The van der Waals surface area contributed by atoms with E-state index in [1.54, 1.807) is 13.3 Å². The molecule has 0 spiro atoms. The standard InChI is InChI=1S/C29H36N2O4/c1-34-23-18-25-24(11-6-12-27(25)30-19-23)28(32)14-13-22-15-17-31(20-26(22)29(33)35-2)16-7-10-21-8-4-3-5-9-21/h3-6,8-9,11-12,18-19,22,26,28,32H,7,10,13-17,20H2,1-2H3/t22-,26+,28+/m1/s1. The Morgan fingerprint density at radius 3 is 2.77 bits per heavy atom. The third-order valence-corrected chi connectivity index (χ3v) is 7.27. The van der Waals surface area contributed by atoms with Gasteiger partial charge >= 0.3 is 5.97 Å². The molecule has 0 saturated carbocycles. The first-order chi connectivity index (χ1) is 17.1. The van der Waals surface area contributed by atoms with Crippen molar-refractivity contribution < 1.29 is 19.4 Å². The summed E-state index contributed by atoms with van der Waals surface area (Å²) in [6.45, 7) is 2.67. The van der Waals surface area contributed by atoms with Gasteiger partial charge in [0.2, 0.25) is 0 Å². The van der Waals surface area contributed by atoms with Crippen molar-refractivity contribution in [2.24, 2.45) is 11.8 Å². The first kappa shape index (κ1) is 25.1. The smallest absolute Gasteiger partial charge is 0.310 e. The first-order valence-corrected chi connectivity index (χ1v) is 12.5. The number of likely N-dealkylation sites (tertiary alicyclic amines) is 1. The van der Waals surface area contributed by atoms with Crippen LogP contribution < -0.4 is 4.74 Å². The fourth-order valence-corrected chi connectivity index (χ4v) is 5.27. The number of pyridine rings is 1. The van der Waals surface area contributed by atoms with Crippen LogP contribution in [0.3, 0.4) is 0 Å². The molecule has 3 aromatic rings. The van der Waals surface area contributed by atoms with Gasteiger partial charge < -0.3 is 19.5 Å². The zero-order valence-electron chi connectivity index (χ0n) is 20.7. The fourth-order valence-electron chi connectivity index (χ4n) is 5.27. The number of ether oxygens (including phenoxy) is 2. The Kier molecular flexibility index (Phi) is 8.72. The maximum Gasteiger partial charge on any atom is 0.310 e. The van der Waals surface area contributed by atoms with Gasteiger partial charge in [0.25, 0.3) is 0 Å². The fraction of sp³-hybridized carbons (Fsp3) is 0.448. The first-order valence-electron chi connectivity index (χ1n) is 12.5. The lowest BCUT2D eigenvalue weighted by molar-refractivity contribution is -0.150. The number of nitrogens with zero attached hydrogens (tertiary/aromatic N) is 2. The number of carbonyl (C=O) groups excluding carboxylic acids is 1. The van der Waals surface area contributed by atoms with E-state index in [0.29, 0.717) is 12.2 Å². The largest absolute Gasteiger partial charge is 0.495 e. The maximum atomic E-state index is 12.6. The average Bonchev–Trinajstić information content (AvgIpc) is 2.91. The molecule has 1 N–H and O–H groups in total. The summed E-state index contributed by atoms with van der Waals surface area (Å²) >= 11 is 0. The van der Waals surface area contributed by atoms with E-state index in [1.807, 2.05) is 30.3 Å². The van der Waals surface area contributed by atoms with E-state index in [2.05, 4.69) is 34.1 Å². The quantitative estimate of drug-likeness (QED) is 0.424. The van der Waals surface area contributed by atoms with E-state index in [4.69, 9.17) is 9.47 Å². The van der Waals surface area contributed by atoms with Crippen LogP contribution in [0.2, 0.25) is 0 Å². The summed E-state index contributed by atoms with van der Waals surface area (Å²) in [4.78, 5) is 19.5. The van der Waals surface area contributed by atoms with Gasteiger partial charge in [-0.3, -0.25) is 9.78 Å². The van der Waals surface area contributed by atoms with Crippen LogP contribution >= 0.6 is 0 Å². The van der Waals surface area contributed by atoms with E-state index < -0.39 is 6.10 Å². The minimum atomic E-state index is -0.630. The molecule has 0 aliphatic carbocycles. The summed E-state index contributed by atoms with van der Waals surface area (Å²) in [7, 11) is 3.09. The van der Waals surface area contributed by atoms with E-state index in [1.165, 1.54) is 12.7 Å². The molecule has 1 aliphatic heterocycles. The summed E-state index contributed by atoms with van der Waals surface area (Å²) in [5.41, 5.74) is 3.03. The summed E-state index contributed by atoms with van der Waals surface area (Å²) in [5, 5.41) is 12.0. The molecular weight excluding hydrogens is 440 g/mol. The maximum absolute atomic E-state index is 12.6. The minimum Gasteiger partial charge on any atom is -0.495 e. The summed E-state index contributed by atoms with van der Waals surface area (Å²) in [6.07, 6.45) is 5.46. The lowest BCUT2D eigenvalue weighted by atomic mass is 9.81. The van der Waals surface area contributed by atoms with Crippen LogP contribution in [-0.2, 0) is 16.0 Å². The summed E-state index contributed by atoms with van der Waals surface area (Å²) in [6, 6.07) is 18.3. The Morgan fingerprint density at radius 1 is 1.17 bits per heavy atom. The van der Waals surface area contributed by atoms with Crippen LogP contribution in [0.1, 0.15) is 42.9 Å². The van der Waals surface area contributed by atoms with Crippen molar-refractivity contribution in [1.29, 1.82) is 0 Å². The number of hydrogen-bond acceptors (Lipinski definition) is 6. The Morgan fingerprint density at radius 2 is 2.00 bits per heavy atom. The van der Waals surface area contributed by atoms with Gasteiger partial charge in [-0.1, -0.05) is 42.5 Å². The minimum absolute atomic E-state index is 0.142. The van der Waals surface area contributed by atoms with Gasteiger partial charge in [0, 0.05) is 11.9 Å². The van der Waals surface area contributed by atoms with Gasteiger partial charge in [0.05, 0.1) is 38.0 Å². The number of carbonyl (C=O) groups is 1. The van der Waals surface area contributed by atoms with Gasteiger partial charge in [-0.05, 0) is 74.4 Å². The van der Waals surface area contributed by atoms with Gasteiger partial charge in [0.1, 0.15) is 5.75 Å². The molecule has 0 unspecified atom stereocenters. The van der Waals surface area contributed by atoms with Gasteiger partial charge in [-0.15, -0.1) is 0 Å². The van der Waals surface area contributed by atoms with Crippen LogP contribution in [0.15, 0.2) is 60.8 Å². The lowest BCUT2D eigenvalue weighted by Gasteiger charge is -2.37. The SMILES string of the molecule is COC(=O)[C@H]1CN(CCCc2ccccc2)CC[C@H]1CC[C@H](O)c1cccc2ncc(OC)cc12. The number of esters is 1. The van der Waals surface area contributed by atoms with Crippen molar-refractivity contribution in [2.45, 2.75) is 38.2 Å². The molecule has 1 saturated heterocycles. The summed E-state index contributed by atoms with van der Waals surface area (Å²) < 4.78 is 10.5. The Bertz CT molecular complexity index is 1100. The number of rotatable bonds is 10. The molecule has 4 rings (SSSR count). The highest BCUT2D eigenvalue weighted by molar-refractivity contribution is 5.83. The van der Waals surface area contributed by atoms with Crippen molar-refractivity contribution in [3.63, 3.8) is 0 Å². The molecule has 0 amide bonds. The topological polar surface area (TPSA) is 71.9 Å². The van der Waals surface area contributed by atoms with E-state index in [9.17, 15) is 9.90 Å². The van der Waals surface area contributed by atoms with Gasteiger partial charge in [-0.25, -0.2) is 0 Å². The summed E-state index contributed by atoms with van der Waals surface area (Å²) in [5.74, 6) is 0.566.